The molecule has 12 heteroatoms. The van der Waals surface area contributed by atoms with Crippen LogP contribution in [0.15, 0.2) is 18.5 Å². The number of morpholine rings is 1. The fraction of sp³-hybridized carbons (Fsp3) is 0.476. The molecule has 1 fully saturated rings. The first-order valence-corrected chi connectivity index (χ1v) is 11.8. The summed E-state index contributed by atoms with van der Waals surface area (Å²) in [7, 11) is 1.65. The van der Waals surface area contributed by atoms with Gasteiger partial charge in [-0.1, -0.05) is 0 Å². The number of nitrogens with zero attached hydrogens (tertiary/aromatic N) is 6. The Morgan fingerprint density at radius 2 is 2.03 bits per heavy atom. The van der Waals surface area contributed by atoms with Crippen LogP contribution in [0, 0.1) is 0 Å². The molecule has 33 heavy (non-hydrogen) atoms. The largest absolute Gasteiger partial charge is 0.462 e. The summed E-state index contributed by atoms with van der Waals surface area (Å²) in [5.74, 6) is 0.890. The molecule has 0 aromatic carbocycles. The molecule has 1 aliphatic heterocycles. The van der Waals surface area contributed by atoms with Crippen LogP contribution in [0.2, 0.25) is 5.28 Å². The van der Waals surface area contributed by atoms with E-state index in [0.717, 1.165) is 34.0 Å². The molecule has 4 rings (SSSR count). The molecule has 1 aliphatic rings. The molecule has 0 aliphatic carbocycles. The highest BCUT2D eigenvalue weighted by molar-refractivity contribution is 7.19. The third-order valence-corrected chi connectivity index (χ3v) is 6.31. The molecule has 0 unspecified atom stereocenters. The molecule has 3 aromatic rings. The van der Waals surface area contributed by atoms with Crippen LogP contribution in [0.25, 0.3) is 10.2 Å². The summed E-state index contributed by atoms with van der Waals surface area (Å²) < 4.78 is 16.7. The molecule has 3 aromatic heterocycles. The predicted octanol–water partition coefficient (Wildman–Crippen LogP) is 2.80. The number of anilines is 2. The van der Waals surface area contributed by atoms with Crippen molar-refractivity contribution in [1.29, 1.82) is 0 Å². The quantitative estimate of drug-likeness (QED) is 0.327. The van der Waals surface area contributed by atoms with E-state index < -0.39 is 5.97 Å². The summed E-state index contributed by atoms with van der Waals surface area (Å²) in [4.78, 5) is 34.8. The number of rotatable bonds is 9. The van der Waals surface area contributed by atoms with Crippen molar-refractivity contribution in [2.24, 2.45) is 0 Å². The summed E-state index contributed by atoms with van der Waals surface area (Å²) in [6.07, 6.45) is 2.96. The van der Waals surface area contributed by atoms with Gasteiger partial charge >= 0.3 is 5.97 Å². The molecule has 0 bridgehead atoms. The van der Waals surface area contributed by atoms with Crippen molar-refractivity contribution in [3.05, 3.63) is 34.2 Å². The topological polar surface area (TPSA) is 103 Å². The highest BCUT2D eigenvalue weighted by atomic mass is 35.5. The first-order chi connectivity index (χ1) is 16.1. The number of halogens is 1. The number of esters is 1. The number of carbonyl (C=O) groups is 1. The number of hydrogen-bond acceptors (Lipinski definition) is 11. The zero-order valence-corrected chi connectivity index (χ0v) is 20.1. The van der Waals surface area contributed by atoms with E-state index >= 15 is 0 Å². The van der Waals surface area contributed by atoms with E-state index in [1.807, 2.05) is 11.0 Å². The second-order valence-electron chi connectivity index (χ2n) is 7.25. The van der Waals surface area contributed by atoms with E-state index in [4.69, 9.17) is 25.8 Å². The normalized spacial score (nSPS) is 14.0. The van der Waals surface area contributed by atoms with Crippen LogP contribution in [-0.2, 0) is 20.8 Å². The molecule has 0 amide bonds. The fourth-order valence-electron chi connectivity index (χ4n) is 3.45. The molecular formula is C21H25ClN6O4S. The van der Waals surface area contributed by atoms with Gasteiger partial charge in [0.15, 0.2) is 5.82 Å². The Bertz CT molecular complexity index is 1090. The zero-order chi connectivity index (χ0) is 23.2. The van der Waals surface area contributed by atoms with Crippen molar-refractivity contribution >= 4 is 50.9 Å². The van der Waals surface area contributed by atoms with E-state index in [1.54, 1.807) is 25.4 Å². The Balaban J connectivity index is 1.60. The smallest absolute Gasteiger partial charge is 0.341 e. The zero-order valence-electron chi connectivity index (χ0n) is 18.5. The Hall–Kier alpha value is -2.60. The number of methoxy groups -OCH3 is 1. The summed E-state index contributed by atoms with van der Waals surface area (Å²) in [5.41, 5.74) is 1.12. The molecule has 0 saturated carbocycles. The van der Waals surface area contributed by atoms with Crippen molar-refractivity contribution in [3.8, 4) is 0 Å². The summed E-state index contributed by atoms with van der Waals surface area (Å²) in [6.45, 7) is 6.51. The van der Waals surface area contributed by atoms with Crippen molar-refractivity contribution in [3.63, 3.8) is 0 Å². The monoisotopic (exact) mass is 492 g/mol. The Kier molecular flexibility index (Phi) is 7.86. The van der Waals surface area contributed by atoms with Crippen LogP contribution in [0.5, 0.6) is 0 Å². The summed E-state index contributed by atoms with van der Waals surface area (Å²) in [5, 5.41) is 0.225. The van der Waals surface area contributed by atoms with Gasteiger partial charge in [-0.3, -0.25) is 0 Å². The second-order valence-corrected chi connectivity index (χ2v) is 8.72. The summed E-state index contributed by atoms with van der Waals surface area (Å²) >= 11 is 7.84. The molecule has 1 saturated heterocycles. The lowest BCUT2D eigenvalue weighted by atomic mass is 10.3. The van der Waals surface area contributed by atoms with Gasteiger partial charge in [-0.15, -0.1) is 11.3 Å². The Morgan fingerprint density at radius 3 is 2.73 bits per heavy atom. The SMILES string of the molecule is CCOC(=O)c1cnc(N(CCOC)Cc2cc3nc(Cl)nc(N4CCOCC4)c3s2)nc1. The van der Waals surface area contributed by atoms with Gasteiger partial charge in [0.05, 0.1) is 48.8 Å². The minimum absolute atomic E-state index is 0.225. The van der Waals surface area contributed by atoms with E-state index in [1.165, 1.54) is 12.4 Å². The summed E-state index contributed by atoms with van der Waals surface area (Å²) in [6, 6.07) is 2.02. The van der Waals surface area contributed by atoms with Gasteiger partial charge in [0.1, 0.15) is 0 Å². The van der Waals surface area contributed by atoms with Gasteiger partial charge in [-0.05, 0) is 24.6 Å². The predicted molar refractivity (Wildman–Crippen MR) is 126 cm³/mol. The lowest BCUT2D eigenvalue weighted by molar-refractivity contribution is 0.0525. The van der Waals surface area contributed by atoms with E-state index in [-0.39, 0.29) is 5.28 Å². The van der Waals surface area contributed by atoms with Gasteiger partial charge in [0.25, 0.3) is 0 Å². The van der Waals surface area contributed by atoms with Crippen molar-refractivity contribution < 1.29 is 19.0 Å². The third kappa shape index (κ3) is 5.67. The second kappa shape index (κ2) is 11.0. The van der Waals surface area contributed by atoms with Crippen LogP contribution in [0.1, 0.15) is 22.2 Å². The standard InChI is InChI=1S/C21H25ClN6O4S/c1-3-32-19(29)14-11-23-21(24-12-14)28(4-7-30-2)13-15-10-16-17(33-15)18(26-20(22)25-16)27-5-8-31-9-6-27/h10-12H,3-9,13H2,1-2H3. The van der Waals surface area contributed by atoms with E-state index in [0.29, 0.717) is 51.0 Å². The average Bonchev–Trinajstić information content (AvgIpc) is 3.24. The molecule has 0 atom stereocenters. The lowest BCUT2D eigenvalue weighted by Crippen LogP contribution is -2.36. The van der Waals surface area contributed by atoms with Gasteiger partial charge in [-0.25, -0.2) is 19.7 Å². The maximum absolute atomic E-state index is 11.9. The minimum Gasteiger partial charge on any atom is -0.462 e. The molecule has 176 valence electrons. The third-order valence-electron chi connectivity index (χ3n) is 5.03. The Labute approximate surface area is 200 Å². The number of hydrogen-bond donors (Lipinski definition) is 0. The maximum Gasteiger partial charge on any atom is 0.341 e. The number of thiophene rings is 1. The first-order valence-electron chi connectivity index (χ1n) is 10.6. The fourth-order valence-corrected chi connectivity index (χ4v) is 4.75. The van der Waals surface area contributed by atoms with Crippen molar-refractivity contribution in [2.75, 3.05) is 63.0 Å². The van der Waals surface area contributed by atoms with Crippen LogP contribution in [-0.4, -0.2) is 79.1 Å². The lowest BCUT2D eigenvalue weighted by Gasteiger charge is -2.28. The van der Waals surface area contributed by atoms with E-state index in [9.17, 15) is 4.79 Å². The van der Waals surface area contributed by atoms with Crippen molar-refractivity contribution in [1.82, 2.24) is 19.9 Å². The number of carbonyl (C=O) groups excluding carboxylic acids is 1. The van der Waals surface area contributed by atoms with Gasteiger partial charge in [0.2, 0.25) is 11.2 Å². The highest BCUT2D eigenvalue weighted by Gasteiger charge is 2.21. The van der Waals surface area contributed by atoms with Crippen LogP contribution >= 0.6 is 22.9 Å². The molecule has 0 N–H and O–H groups in total. The van der Waals surface area contributed by atoms with Gasteiger partial charge < -0.3 is 24.0 Å². The number of ether oxygens (including phenoxy) is 3. The molecule has 0 spiro atoms. The Morgan fingerprint density at radius 1 is 1.27 bits per heavy atom. The molecule has 0 radical (unpaired) electrons. The van der Waals surface area contributed by atoms with Gasteiger partial charge in [0, 0.05) is 44.0 Å². The van der Waals surface area contributed by atoms with E-state index in [2.05, 4.69) is 24.8 Å². The maximum atomic E-state index is 11.9. The highest BCUT2D eigenvalue weighted by Crippen LogP contribution is 2.34. The van der Waals surface area contributed by atoms with Crippen LogP contribution in [0.3, 0.4) is 0 Å². The molecule has 4 heterocycles. The van der Waals surface area contributed by atoms with Crippen molar-refractivity contribution in [2.45, 2.75) is 13.5 Å². The minimum atomic E-state index is -0.442. The molecular weight excluding hydrogens is 468 g/mol. The van der Waals surface area contributed by atoms with Crippen LogP contribution < -0.4 is 9.80 Å². The van der Waals surface area contributed by atoms with Gasteiger partial charge in [-0.2, -0.15) is 4.98 Å². The number of fused-ring (bicyclic) bond motifs is 1. The average molecular weight is 493 g/mol. The first kappa shape index (κ1) is 23.6. The molecule has 10 nitrogen and oxygen atoms in total. The number of aromatic nitrogens is 4. The van der Waals surface area contributed by atoms with Crippen LogP contribution in [0.4, 0.5) is 11.8 Å².